The molecule has 1 heterocycles. The molecule has 2 unspecified atom stereocenters. The minimum absolute atomic E-state index is 0. The topological polar surface area (TPSA) is 29.5 Å². The van der Waals surface area contributed by atoms with Gasteiger partial charge in [-0.05, 0) is 19.3 Å². The number of rotatable bonds is 4. The van der Waals surface area contributed by atoms with Gasteiger partial charge in [0.15, 0.2) is 0 Å². The summed E-state index contributed by atoms with van der Waals surface area (Å²) in [5.41, 5.74) is 0. The molecule has 0 radical (unpaired) electrons. The molecule has 1 fully saturated rings. The van der Waals surface area contributed by atoms with Crippen molar-refractivity contribution in [1.82, 2.24) is 0 Å². The molecule has 1 N–H and O–H groups in total. The number of hydrogen-bond acceptors (Lipinski definition) is 2. The fourth-order valence-corrected chi connectivity index (χ4v) is 1.51. The summed E-state index contributed by atoms with van der Waals surface area (Å²) >= 11 is 0. The first-order valence-corrected chi connectivity index (χ1v) is 9.76. The second-order valence-electron chi connectivity index (χ2n) is 5.43. The molecule has 1 rings (SSSR count). The smallest absolute Gasteiger partial charge is 0.390 e. The molecule has 0 spiro atoms. The van der Waals surface area contributed by atoms with E-state index in [2.05, 4.69) is 33.1 Å². The summed E-state index contributed by atoms with van der Waals surface area (Å²) in [4.78, 5) is 0. The Balaban J connectivity index is 0. The molecule has 17 heavy (non-hydrogen) atoms. The van der Waals surface area contributed by atoms with Gasteiger partial charge in [-0.1, -0.05) is 19.8 Å². The van der Waals surface area contributed by atoms with Crippen LogP contribution < -0.4 is 0 Å². The Morgan fingerprint density at radius 2 is 1.94 bits per heavy atom. The van der Waals surface area contributed by atoms with Crippen molar-refractivity contribution in [3.8, 4) is 0 Å². The van der Waals surface area contributed by atoms with Gasteiger partial charge in [-0.2, -0.15) is 0 Å². The van der Waals surface area contributed by atoms with Crippen molar-refractivity contribution in [2.24, 2.45) is 0 Å². The van der Waals surface area contributed by atoms with E-state index < -0.39 is 8.07 Å². The van der Waals surface area contributed by atoms with E-state index in [-0.39, 0.29) is 33.9 Å². The molecule has 0 amide bonds. The Morgan fingerprint density at radius 1 is 1.41 bits per heavy atom. The zero-order chi connectivity index (χ0) is 12.6. The van der Waals surface area contributed by atoms with Gasteiger partial charge in [0.25, 0.3) is 0 Å². The fourth-order valence-electron chi connectivity index (χ4n) is 1.51. The summed E-state index contributed by atoms with van der Waals surface area (Å²) in [5.74, 6) is 0. The first kappa shape index (κ1) is 20.2. The molecule has 2 atom stereocenters. The predicted molar refractivity (Wildman–Crippen MR) is 72.7 cm³/mol. The van der Waals surface area contributed by atoms with Crippen molar-refractivity contribution in [1.29, 1.82) is 0 Å². The SMILES string of the molecule is CCCCC(O)C1CCCO1.[CH2-][Si]([CH2-])(C)C.[Ti+2]. The number of aliphatic hydroxyl groups is 1. The van der Waals surface area contributed by atoms with Crippen molar-refractivity contribution in [2.45, 2.75) is 64.3 Å². The average Bonchev–Trinajstić information content (AvgIpc) is 2.64. The maximum atomic E-state index is 9.56. The maximum absolute atomic E-state index is 9.56. The molecule has 0 aromatic heterocycles. The van der Waals surface area contributed by atoms with E-state index in [1.54, 1.807) is 0 Å². The van der Waals surface area contributed by atoms with Crippen LogP contribution in [0.2, 0.25) is 13.1 Å². The molecule has 0 aromatic carbocycles. The van der Waals surface area contributed by atoms with E-state index in [0.717, 1.165) is 38.7 Å². The van der Waals surface area contributed by atoms with Crippen LogP contribution in [0.4, 0.5) is 0 Å². The van der Waals surface area contributed by atoms with Crippen LogP contribution in [0.1, 0.15) is 39.0 Å². The average molecular weight is 292 g/mol. The van der Waals surface area contributed by atoms with Gasteiger partial charge < -0.3 is 22.9 Å². The molecule has 0 aliphatic carbocycles. The van der Waals surface area contributed by atoms with Crippen LogP contribution in [-0.4, -0.2) is 32.0 Å². The molecule has 2 nitrogen and oxygen atoms in total. The van der Waals surface area contributed by atoms with Crippen molar-refractivity contribution in [2.75, 3.05) is 6.61 Å². The van der Waals surface area contributed by atoms with Crippen molar-refractivity contribution in [3.63, 3.8) is 0 Å². The number of aliphatic hydroxyl groups excluding tert-OH is 1. The quantitative estimate of drug-likeness (QED) is 0.637. The third-order valence-corrected chi connectivity index (χ3v) is 2.25. The Hall–Kier alpha value is 0.851. The molecule has 100 valence electrons. The summed E-state index contributed by atoms with van der Waals surface area (Å²) in [5, 5.41) is 9.56. The van der Waals surface area contributed by atoms with Crippen LogP contribution in [0.25, 0.3) is 0 Å². The minimum atomic E-state index is -1.11. The molecule has 0 bridgehead atoms. The van der Waals surface area contributed by atoms with E-state index >= 15 is 0 Å². The monoisotopic (exact) mass is 292 g/mol. The largest absolute Gasteiger partial charge is 2.00 e. The zero-order valence-corrected chi connectivity index (χ0v) is 14.2. The Kier molecular flexibility index (Phi) is 12.8. The Morgan fingerprint density at radius 3 is 2.29 bits per heavy atom. The summed E-state index contributed by atoms with van der Waals surface area (Å²) in [6.45, 7) is 14.8. The summed E-state index contributed by atoms with van der Waals surface area (Å²) in [6, 6.07) is 0. The first-order valence-electron chi connectivity index (χ1n) is 6.35. The van der Waals surface area contributed by atoms with Gasteiger partial charge in [-0.3, -0.25) is 8.07 Å². The molecule has 4 heteroatoms. The first-order chi connectivity index (χ1) is 7.34. The standard InChI is InChI=1S/C9H18O2.C4H10Si.Ti/c1-2-3-5-8(10)9-6-4-7-11-9;1-5(2,3)4;/h8-10H,2-7H2,1H3;1-2H2,3-4H3;/q;-2;+2. The van der Waals surface area contributed by atoms with E-state index in [4.69, 9.17) is 4.74 Å². The van der Waals surface area contributed by atoms with Gasteiger partial charge >= 0.3 is 21.7 Å². The van der Waals surface area contributed by atoms with E-state index in [1.807, 2.05) is 0 Å². The fraction of sp³-hybridized carbons (Fsp3) is 0.846. The van der Waals surface area contributed by atoms with Crippen LogP contribution in [0.15, 0.2) is 0 Å². The van der Waals surface area contributed by atoms with E-state index in [9.17, 15) is 5.11 Å². The second-order valence-corrected chi connectivity index (χ2v) is 9.75. The van der Waals surface area contributed by atoms with E-state index in [0.29, 0.717) is 0 Å². The van der Waals surface area contributed by atoms with Gasteiger partial charge in [0.1, 0.15) is 0 Å². The normalized spacial score (nSPS) is 21.2. The molecule has 1 aliphatic heterocycles. The molecular weight excluding hydrogens is 264 g/mol. The number of hydrogen-bond donors (Lipinski definition) is 1. The summed E-state index contributed by atoms with van der Waals surface area (Å²) in [7, 11) is -1.11. The number of ether oxygens (including phenoxy) is 1. The van der Waals surface area contributed by atoms with Gasteiger partial charge in [0, 0.05) is 6.61 Å². The van der Waals surface area contributed by atoms with Crippen LogP contribution in [-0.2, 0) is 26.5 Å². The summed E-state index contributed by atoms with van der Waals surface area (Å²) < 4.78 is 5.36. The van der Waals surface area contributed by atoms with Crippen LogP contribution in [0.3, 0.4) is 0 Å². The molecule has 0 saturated carbocycles. The van der Waals surface area contributed by atoms with Gasteiger partial charge in [0.05, 0.1) is 12.2 Å². The van der Waals surface area contributed by atoms with Crippen molar-refractivity contribution in [3.05, 3.63) is 13.1 Å². The third-order valence-electron chi connectivity index (χ3n) is 2.25. The van der Waals surface area contributed by atoms with Gasteiger partial charge in [-0.25, -0.2) is 0 Å². The van der Waals surface area contributed by atoms with Gasteiger partial charge in [0.2, 0.25) is 0 Å². The number of unbranched alkanes of at least 4 members (excludes halogenated alkanes) is 1. The predicted octanol–water partition coefficient (Wildman–Crippen LogP) is 3.16. The molecule has 1 aliphatic rings. The van der Waals surface area contributed by atoms with E-state index in [1.165, 1.54) is 0 Å². The van der Waals surface area contributed by atoms with Gasteiger partial charge in [-0.15, -0.1) is 13.1 Å². The van der Waals surface area contributed by atoms with Crippen LogP contribution in [0.5, 0.6) is 0 Å². The van der Waals surface area contributed by atoms with Crippen molar-refractivity contribution >= 4 is 8.07 Å². The second kappa shape index (κ2) is 10.7. The Bertz CT molecular complexity index is 159. The molecule has 1 saturated heterocycles. The van der Waals surface area contributed by atoms with Crippen LogP contribution >= 0.6 is 0 Å². The maximum Gasteiger partial charge on any atom is 2.00 e. The minimum Gasteiger partial charge on any atom is -0.390 e. The van der Waals surface area contributed by atoms with Crippen molar-refractivity contribution < 1.29 is 31.6 Å². The zero-order valence-electron chi connectivity index (χ0n) is 11.7. The molecule has 0 aromatic rings. The third kappa shape index (κ3) is 14.8. The molecular formula is C13H28O2SiTi. The summed E-state index contributed by atoms with van der Waals surface area (Å²) in [6.07, 6.45) is 5.27. The Labute approximate surface area is 123 Å². The van der Waals surface area contributed by atoms with Crippen LogP contribution in [0, 0.1) is 13.1 Å².